The minimum absolute atomic E-state index is 0.0141. The number of ketones is 1. The number of aryl methyl sites for hydroxylation is 1. The van der Waals surface area contributed by atoms with Crippen molar-refractivity contribution in [1.82, 2.24) is 14.7 Å². The van der Waals surface area contributed by atoms with E-state index in [4.69, 9.17) is 28.9 Å². The third-order valence-electron chi connectivity index (χ3n) is 13.4. The first-order chi connectivity index (χ1) is 34.9. The van der Waals surface area contributed by atoms with Crippen LogP contribution in [0, 0.1) is 12.8 Å². The number of ether oxygens (including phenoxy) is 4. The molecule has 4 aromatic carbocycles. The highest BCUT2D eigenvalue weighted by Crippen LogP contribution is 2.41. The molecule has 0 spiro atoms. The number of nitrogens with zero attached hydrogens (tertiary/aromatic N) is 5. The summed E-state index contributed by atoms with van der Waals surface area (Å²) in [5, 5.41) is 2.91. The van der Waals surface area contributed by atoms with Gasteiger partial charge in [-0.2, -0.15) is 0 Å². The Morgan fingerprint density at radius 2 is 1.25 bits per heavy atom. The van der Waals surface area contributed by atoms with Crippen LogP contribution in [-0.4, -0.2) is 109 Å². The van der Waals surface area contributed by atoms with E-state index in [-0.39, 0.29) is 53.8 Å². The molecule has 16 heteroatoms. The van der Waals surface area contributed by atoms with E-state index < -0.39 is 5.92 Å². The number of carbonyl (C=O) groups excluding carboxylic acids is 6. The number of amides is 5. The first-order valence-corrected chi connectivity index (χ1v) is 24.3. The summed E-state index contributed by atoms with van der Waals surface area (Å²) in [6, 6.07) is 21.7. The smallest absolute Gasteiger partial charge is 0.260 e. The fourth-order valence-electron chi connectivity index (χ4n) is 9.37. The van der Waals surface area contributed by atoms with Gasteiger partial charge in [0.2, 0.25) is 5.91 Å². The van der Waals surface area contributed by atoms with Gasteiger partial charge in [-0.05, 0) is 84.0 Å². The molecule has 0 aromatic heterocycles. The molecule has 0 radical (unpaired) electrons. The molecule has 4 aromatic rings. The van der Waals surface area contributed by atoms with Crippen molar-refractivity contribution in [1.29, 1.82) is 0 Å². The van der Waals surface area contributed by atoms with E-state index in [0.29, 0.717) is 110 Å². The molecular formula is C56H56N6O10. The molecule has 16 nitrogen and oxygen atoms in total. The van der Waals surface area contributed by atoms with Crippen LogP contribution < -0.4 is 24.3 Å². The van der Waals surface area contributed by atoms with Crippen LogP contribution in [0.25, 0.3) is 11.1 Å². The molecule has 5 amide bonds. The summed E-state index contributed by atoms with van der Waals surface area (Å²) in [6.45, 7) is 4.60. The molecule has 9 rings (SSSR count). The summed E-state index contributed by atoms with van der Waals surface area (Å²) in [6.07, 6.45) is 14.0. The van der Waals surface area contributed by atoms with Crippen LogP contribution in [0.2, 0.25) is 0 Å². The topological polar surface area (TPSA) is 186 Å². The molecule has 3 atom stereocenters. The number of fused-ring (bicyclic) bond motifs is 4. The summed E-state index contributed by atoms with van der Waals surface area (Å²) in [4.78, 5) is 90.9. The molecule has 5 aliphatic heterocycles. The number of benzene rings is 4. The zero-order valence-electron chi connectivity index (χ0n) is 40.7. The molecule has 1 N–H and O–H groups in total. The van der Waals surface area contributed by atoms with Gasteiger partial charge < -0.3 is 34.1 Å². The SMILES string of the molecule is COc1ccc(C2=CN3C(=O)c4cc(C)c(OCCCOc5cc6c(cc5OC)C(=O)N5C=C(c7ccc(NC(=O)[C@H](C)CC(=O)CCCCCN8C(=O)C=CC8=O)cc7)C[C@H]5C=N6)cc4N=C[C@@H]3C2)cc1. The average molecular weight is 973 g/mol. The zero-order valence-corrected chi connectivity index (χ0v) is 40.7. The van der Waals surface area contributed by atoms with Gasteiger partial charge >= 0.3 is 0 Å². The minimum atomic E-state index is -0.526. The number of methoxy groups -OCH3 is 2. The molecule has 0 fully saturated rings. The van der Waals surface area contributed by atoms with Crippen LogP contribution in [0.15, 0.2) is 107 Å². The molecule has 0 saturated heterocycles. The van der Waals surface area contributed by atoms with E-state index in [1.54, 1.807) is 54.3 Å². The first-order valence-electron chi connectivity index (χ1n) is 24.3. The third kappa shape index (κ3) is 10.6. The molecule has 0 unspecified atom stereocenters. The van der Waals surface area contributed by atoms with Gasteiger partial charge in [-0.25, -0.2) is 0 Å². The quantitative estimate of drug-likeness (QED) is 0.0663. The second-order valence-corrected chi connectivity index (χ2v) is 18.4. The second kappa shape index (κ2) is 21.5. The van der Waals surface area contributed by atoms with Gasteiger partial charge in [0, 0.05) is 99.4 Å². The molecule has 0 bridgehead atoms. The summed E-state index contributed by atoms with van der Waals surface area (Å²) in [5.41, 5.74) is 7.26. The highest BCUT2D eigenvalue weighted by molar-refractivity contribution is 6.13. The van der Waals surface area contributed by atoms with E-state index in [1.807, 2.05) is 74.1 Å². The lowest BCUT2D eigenvalue weighted by atomic mass is 9.99. The Morgan fingerprint density at radius 3 is 1.85 bits per heavy atom. The summed E-state index contributed by atoms with van der Waals surface area (Å²) < 4.78 is 23.3. The largest absolute Gasteiger partial charge is 0.497 e. The van der Waals surface area contributed by atoms with E-state index in [0.717, 1.165) is 33.6 Å². The molecule has 370 valence electrons. The highest BCUT2D eigenvalue weighted by Gasteiger charge is 2.35. The van der Waals surface area contributed by atoms with E-state index in [9.17, 15) is 28.8 Å². The number of anilines is 1. The van der Waals surface area contributed by atoms with Crippen molar-refractivity contribution >= 4 is 76.0 Å². The van der Waals surface area contributed by atoms with Gasteiger partial charge in [0.1, 0.15) is 17.3 Å². The van der Waals surface area contributed by atoms with E-state index in [2.05, 4.69) is 5.32 Å². The number of hydrogen-bond acceptors (Lipinski definition) is 12. The second-order valence-electron chi connectivity index (χ2n) is 18.4. The number of rotatable bonds is 20. The third-order valence-corrected chi connectivity index (χ3v) is 13.4. The fraction of sp³-hybridized carbons (Fsp3) is 0.321. The number of aliphatic imine (C=N–C) groups is 2. The highest BCUT2D eigenvalue weighted by atomic mass is 16.5. The maximum atomic E-state index is 14.0. The summed E-state index contributed by atoms with van der Waals surface area (Å²) in [7, 11) is 3.16. The van der Waals surface area contributed by atoms with Crippen LogP contribution in [0.1, 0.15) is 95.7 Å². The Hall–Kier alpha value is -8.14. The Balaban J connectivity index is 0.740. The lowest BCUT2D eigenvalue weighted by Crippen LogP contribution is -2.32. The van der Waals surface area contributed by atoms with Crippen LogP contribution in [0.3, 0.4) is 0 Å². The summed E-state index contributed by atoms with van der Waals surface area (Å²) in [5.74, 6) is 0.506. The van der Waals surface area contributed by atoms with Gasteiger partial charge in [0.05, 0.1) is 62.0 Å². The number of imide groups is 1. The van der Waals surface area contributed by atoms with Crippen molar-refractivity contribution in [2.45, 2.75) is 77.3 Å². The monoisotopic (exact) mass is 972 g/mol. The average Bonchev–Trinajstić information content (AvgIpc) is 4.07. The normalized spacial score (nSPS) is 17.9. The van der Waals surface area contributed by atoms with Crippen molar-refractivity contribution in [3.05, 3.63) is 125 Å². The number of carbonyl (C=O) groups is 6. The van der Waals surface area contributed by atoms with Gasteiger partial charge in [0.25, 0.3) is 23.6 Å². The summed E-state index contributed by atoms with van der Waals surface area (Å²) >= 11 is 0. The van der Waals surface area contributed by atoms with Gasteiger partial charge in [-0.1, -0.05) is 37.6 Å². The number of Topliss-reactive ketones (excluding diaryl/α,β-unsaturated/α-hetero) is 1. The number of hydrogen-bond donors (Lipinski definition) is 1. The van der Waals surface area contributed by atoms with Crippen molar-refractivity contribution in [2.24, 2.45) is 15.9 Å². The molecule has 0 saturated carbocycles. The molecule has 0 aliphatic carbocycles. The number of unbranched alkanes of at least 4 members (excludes halogenated alkanes) is 2. The van der Waals surface area contributed by atoms with Crippen molar-refractivity contribution < 1.29 is 47.7 Å². The predicted octanol–water partition coefficient (Wildman–Crippen LogP) is 8.82. The first kappa shape index (κ1) is 48.9. The van der Waals surface area contributed by atoms with Crippen LogP contribution in [0.4, 0.5) is 17.1 Å². The molecule has 5 aliphatic rings. The zero-order chi connectivity index (χ0) is 50.5. The lowest BCUT2D eigenvalue weighted by Gasteiger charge is -2.19. The maximum absolute atomic E-state index is 14.0. The molecule has 5 heterocycles. The Kier molecular flexibility index (Phi) is 14.6. The molecular weight excluding hydrogens is 917 g/mol. The van der Waals surface area contributed by atoms with Crippen molar-refractivity contribution in [3.63, 3.8) is 0 Å². The van der Waals surface area contributed by atoms with Gasteiger partial charge in [0.15, 0.2) is 11.5 Å². The fourth-order valence-corrected chi connectivity index (χ4v) is 9.37. The Morgan fingerprint density at radius 1 is 0.681 bits per heavy atom. The Bertz CT molecular complexity index is 2960. The Labute approximate surface area is 417 Å². The predicted molar refractivity (Wildman–Crippen MR) is 272 cm³/mol. The lowest BCUT2D eigenvalue weighted by molar-refractivity contribution is -0.137. The van der Waals surface area contributed by atoms with Crippen LogP contribution >= 0.6 is 0 Å². The number of nitrogens with one attached hydrogen (secondary N) is 1. The molecule has 72 heavy (non-hydrogen) atoms. The van der Waals surface area contributed by atoms with Crippen molar-refractivity contribution in [3.8, 4) is 23.0 Å². The standard InChI is InChI=1S/C56H56N6O10/c1-34-24-45-47(57-30-41-26-39(33-61(41)55(45)67)37-12-16-44(69-3)17-13-37)28-49(34)71-21-8-22-72-51-29-48-46(27-50(51)70-4)56(68)62-32-38(25-42(62)31-58-48)36-10-14-40(15-11-36)59-54(66)35(2)23-43(63)9-6-5-7-20-60-52(64)18-19-53(60)65/h10-19,24,27-33,35,41-42H,5-9,20-23,25-26H2,1-4H3,(H,59,66)/t35-,41+,42+/m1/s1. The van der Waals surface area contributed by atoms with Gasteiger partial charge in [-0.15, -0.1) is 0 Å². The maximum Gasteiger partial charge on any atom is 0.260 e. The van der Waals surface area contributed by atoms with E-state index >= 15 is 0 Å². The minimum Gasteiger partial charge on any atom is -0.497 e. The van der Waals surface area contributed by atoms with Crippen LogP contribution in [0.5, 0.6) is 23.0 Å². The van der Waals surface area contributed by atoms with E-state index in [1.165, 1.54) is 24.2 Å². The van der Waals surface area contributed by atoms with Crippen LogP contribution in [-0.2, 0) is 19.2 Å². The van der Waals surface area contributed by atoms with Gasteiger partial charge in [-0.3, -0.25) is 43.7 Å². The van der Waals surface area contributed by atoms with Crippen molar-refractivity contribution in [2.75, 3.05) is 39.3 Å².